The zero-order valence-electron chi connectivity index (χ0n) is 12.9. The number of aromatic hydroxyl groups is 1. The van der Waals surface area contributed by atoms with E-state index < -0.39 is 0 Å². The Balaban J connectivity index is 1.94. The number of amidine groups is 1. The molecule has 2 aromatic carbocycles. The summed E-state index contributed by atoms with van der Waals surface area (Å²) in [6.45, 7) is -0.00432. The van der Waals surface area contributed by atoms with Crippen LogP contribution in [0.5, 0.6) is 5.75 Å². The molecule has 3 rings (SSSR count). The molecule has 128 valence electrons. The zero-order chi connectivity index (χ0) is 18.1. The fraction of sp³-hybridized carbons (Fsp3) is 0.118. The number of carbonyl (C=O) groups is 2. The van der Waals surface area contributed by atoms with Gasteiger partial charge < -0.3 is 10.8 Å². The van der Waals surface area contributed by atoms with Crippen LogP contribution in [0.4, 0.5) is 5.69 Å². The summed E-state index contributed by atoms with van der Waals surface area (Å²) in [6, 6.07) is 9.59. The number of benzene rings is 2. The van der Waals surface area contributed by atoms with Crippen LogP contribution in [-0.4, -0.2) is 33.5 Å². The molecular formula is C17H13Cl2N3O3. The van der Waals surface area contributed by atoms with Crippen LogP contribution in [-0.2, 0) is 6.54 Å². The Morgan fingerprint density at radius 1 is 1.16 bits per heavy atom. The third kappa shape index (κ3) is 3.18. The lowest BCUT2D eigenvalue weighted by molar-refractivity contribution is 0.0642. The van der Waals surface area contributed by atoms with Crippen molar-refractivity contribution >= 4 is 46.5 Å². The zero-order valence-corrected chi connectivity index (χ0v) is 14.4. The highest BCUT2D eigenvalue weighted by atomic mass is 35.5. The van der Waals surface area contributed by atoms with Gasteiger partial charge in [-0.2, -0.15) is 0 Å². The molecular weight excluding hydrogens is 365 g/mol. The van der Waals surface area contributed by atoms with Crippen LogP contribution < -0.4 is 5.73 Å². The minimum Gasteiger partial charge on any atom is -0.504 e. The molecule has 0 saturated carbocycles. The molecule has 0 aromatic heterocycles. The predicted octanol–water partition coefficient (Wildman–Crippen LogP) is 3.07. The predicted molar refractivity (Wildman–Crippen MR) is 95.8 cm³/mol. The van der Waals surface area contributed by atoms with Crippen molar-refractivity contribution < 1.29 is 14.7 Å². The number of amides is 2. The van der Waals surface area contributed by atoms with Crippen LogP contribution in [0.1, 0.15) is 26.3 Å². The quantitative estimate of drug-likeness (QED) is 0.370. The van der Waals surface area contributed by atoms with E-state index in [1.54, 1.807) is 24.3 Å². The minimum absolute atomic E-state index is 0.00432. The molecule has 2 aromatic rings. The van der Waals surface area contributed by atoms with Crippen LogP contribution in [0.15, 0.2) is 41.4 Å². The van der Waals surface area contributed by atoms with Gasteiger partial charge in [0.15, 0.2) is 5.75 Å². The molecule has 0 spiro atoms. The van der Waals surface area contributed by atoms with Gasteiger partial charge in [-0.25, -0.2) is 4.99 Å². The van der Waals surface area contributed by atoms with Gasteiger partial charge in [-0.15, -0.1) is 11.6 Å². The highest BCUT2D eigenvalue weighted by molar-refractivity contribution is 6.32. The Hall–Kier alpha value is -2.57. The van der Waals surface area contributed by atoms with Crippen molar-refractivity contribution in [2.75, 3.05) is 5.88 Å². The molecule has 0 aliphatic carbocycles. The fourth-order valence-electron chi connectivity index (χ4n) is 2.57. The molecule has 0 radical (unpaired) electrons. The summed E-state index contributed by atoms with van der Waals surface area (Å²) in [7, 11) is 0. The van der Waals surface area contributed by atoms with Gasteiger partial charge in [-0.05, 0) is 29.8 Å². The first-order chi connectivity index (χ1) is 11.9. The topological polar surface area (TPSA) is 96.0 Å². The molecule has 1 aliphatic rings. The summed E-state index contributed by atoms with van der Waals surface area (Å²) in [5.74, 6) is -0.920. The van der Waals surface area contributed by atoms with E-state index in [1.807, 2.05) is 0 Å². The highest BCUT2D eigenvalue weighted by Crippen LogP contribution is 2.36. The third-order valence-electron chi connectivity index (χ3n) is 3.72. The molecule has 1 heterocycles. The lowest BCUT2D eigenvalue weighted by atomic mass is 10.1. The first kappa shape index (κ1) is 17.3. The number of nitrogens with two attached hydrogens (primary N) is 1. The van der Waals surface area contributed by atoms with Gasteiger partial charge in [0, 0.05) is 0 Å². The number of rotatable bonds is 4. The molecule has 8 heteroatoms. The molecule has 25 heavy (non-hydrogen) atoms. The molecule has 0 fully saturated rings. The number of hydrogen-bond acceptors (Lipinski definition) is 4. The number of halogens is 2. The number of phenolic OH excluding ortho intramolecular Hbond substituents is 1. The smallest absolute Gasteiger partial charge is 0.261 e. The molecule has 3 N–H and O–H groups in total. The van der Waals surface area contributed by atoms with Crippen molar-refractivity contribution in [2.24, 2.45) is 10.7 Å². The van der Waals surface area contributed by atoms with Crippen LogP contribution >= 0.6 is 23.2 Å². The number of imide groups is 1. The van der Waals surface area contributed by atoms with E-state index in [0.717, 1.165) is 4.90 Å². The lowest BCUT2D eigenvalue weighted by Gasteiger charge is -2.15. The summed E-state index contributed by atoms with van der Waals surface area (Å²) in [5.41, 5.74) is 6.96. The second kappa shape index (κ2) is 6.74. The summed E-state index contributed by atoms with van der Waals surface area (Å²) in [6.07, 6.45) is 0. The largest absolute Gasteiger partial charge is 0.504 e. The summed E-state index contributed by atoms with van der Waals surface area (Å²) < 4.78 is 0. The van der Waals surface area contributed by atoms with Crippen molar-refractivity contribution in [1.29, 1.82) is 0 Å². The van der Waals surface area contributed by atoms with Crippen LogP contribution in [0.25, 0.3) is 0 Å². The van der Waals surface area contributed by atoms with Crippen LogP contribution in [0, 0.1) is 0 Å². The Morgan fingerprint density at radius 3 is 2.32 bits per heavy atom. The number of alkyl halides is 1. The van der Waals surface area contributed by atoms with E-state index in [2.05, 4.69) is 4.99 Å². The second-order valence-corrected chi connectivity index (χ2v) is 6.10. The lowest BCUT2D eigenvalue weighted by Crippen LogP contribution is -2.29. The van der Waals surface area contributed by atoms with Crippen molar-refractivity contribution in [1.82, 2.24) is 4.90 Å². The van der Waals surface area contributed by atoms with Crippen molar-refractivity contribution in [3.05, 3.63) is 58.1 Å². The average molecular weight is 378 g/mol. The molecule has 0 unspecified atom stereocenters. The van der Waals surface area contributed by atoms with E-state index in [-0.39, 0.29) is 46.5 Å². The number of carbonyl (C=O) groups excluding carboxylic acids is 2. The van der Waals surface area contributed by atoms with Gasteiger partial charge in [0.05, 0.1) is 28.6 Å². The summed E-state index contributed by atoms with van der Waals surface area (Å²) >= 11 is 11.6. The van der Waals surface area contributed by atoms with Crippen LogP contribution in [0.2, 0.25) is 5.02 Å². The normalized spacial score (nSPS) is 14.2. The monoisotopic (exact) mass is 377 g/mol. The number of hydrogen-bond donors (Lipinski definition) is 2. The number of phenols is 1. The average Bonchev–Trinajstić information content (AvgIpc) is 2.84. The van der Waals surface area contributed by atoms with Gasteiger partial charge in [0.25, 0.3) is 11.8 Å². The first-order valence-corrected chi connectivity index (χ1v) is 8.19. The second-order valence-electron chi connectivity index (χ2n) is 5.42. The molecule has 0 saturated heterocycles. The van der Waals surface area contributed by atoms with Gasteiger partial charge >= 0.3 is 0 Å². The van der Waals surface area contributed by atoms with Gasteiger partial charge in [0.2, 0.25) is 0 Å². The van der Waals surface area contributed by atoms with E-state index in [0.29, 0.717) is 16.7 Å². The molecule has 0 bridgehead atoms. The third-order valence-corrected chi connectivity index (χ3v) is 4.28. The van der Waals surface area contributed by atoms with Crippen molar-refractivity contribution in [3.8, 4) is 5.75 Å². The van der Waals surface area contributed by atoms with Gasteiger partial charge in [-0.3, -0.25) is 14.5 Å². The fourth-order valence-corrected chi connectivity index (χ4v) is 2.86. The van der Waals surface area contributed by atoms with E-state index in [4.69, 9.17) is 28.9 Å². The summed E-state index contributed by atoms with van der Waals surface area (Å²) in [4.78, 5) is 30.0. The van der Waals surface area contributed by atoms with Crippen molar-refractivity contribution in [3.63, 3.8) is 0 Å². The Morgan fingerprint density at radius 2 is 1.76 bits per heavy atom. The molecule has 6 nitrogen and oxygen atoms in total. The summed E-state index contributed by atoms with van der Waals surface area (Å²) in [5, 5.41) is 10.0. The molecule has 2 amide bonds. The Labute approximate surface area is 153 Å². The maximum atomic E-state index is 12.4. The highest BCUT2D eigenvalue weighted by Gasteiger charge is 2.35. The Kier molecular flexibility index (Phi) is 4.65. The van der Waals surface area contributed by atoms with E-state index in [1.165, 1.54) is 12.1 Å². The maximum Gasteiger partial charge on any atom is 0.261 e. The SMILES string of the molecule is NC(CCl)=Nc1cc(CN2C(=O)c3ccccc3C2=O)cc(Cl)c1O. The number of fused-ring (bicyclic) bond motifs is 1. The minimum atomic E-state index is -0.380. The standard InChI is InChI=1S/C17H13Cl2N3O3/c18-7-14(20)21-13-6-9(5-12(19)15(13)23)8-22-16(24)10-3-1-2-4-11(10)17(22)25/h1-6,23H,7-8H2,(H2,20,21). The van der Waals surface area contributed by atoms with Gasteiger partial charge in [-0.1, -0.05) is 23.7 Å². The molecule has 1 aliphatic heterocycles. The number of aliphatic imine (C=N–C) groups is 1. The van der Waals surface area contributed by atoms with Gasteiger partial charge in [0.1, 0.15) is 11.5 Å². The maximum absolute atomic E-state index is 12.4. The van der Waals surface area contributed by atoms with Crippen molar-refractivity contribution in [2.45, 2.75) is 6.54 Å². The van der Waals surface area contributed by atoms with E-state index >= 15 is 0 Å². The van der Waals surface area contributed by atoms with Crippen LogP contribution in [0.3, 0.4) is 0 Å². The molecule has 0 atom stereocenters. The number of nitrogens with zero attached hydrogens (tertiary/aromatic N) is 2. The first-order valence-electron chi connectivity index (χ1n) is 7.28. The van der Waals surface area contributed by atoms with E-state index in [9.17, 15) is 14.7 Å². The Bertz CT molecular complexity index is 877.